The van der Waals surface area contributed by atoms with Gasteiger partial charge >= 0.3 is 0 Å². The van der Waals surface area contributed by atoms with Gasteiger partial charge in [0.1, 0.15) is 5.70 Å². The predicted octanol–water partition coefficient (Wildman–Crippen LogP) is 3.66. The van der Waals surface area contributed by atoms with E-state index in [1.165, 1.54) is 0 Å². The second-order valence-corrected chi connectivity index (χ2v) is 5.58. The van der Waals surface area contributed by atoms with E-state index >= 15 is 0 Å². The van der Waals surface area contributed by atoms with Crippen molar-refractivity contribution < 1.29 is 0 Å². The molecule has 3 nitrogen and oxygen atoms in total. The number of rotatable bonds is 2. The lowest BCUT2D eigenvalue weighted by molar-refractivity contribution is 0.381. The average molecular weight is 291 g/mol. The largest absolute Gasteiger partial charge is 0.399 e. The van der Waals surface area contributed by atoms with Gasteiger partial charge in [0.15, 0.2) is 0 Å². The summed E-state index contributed by atoms with van der Waals surface area (Å²) in [6.45, 7) is 11.1. The fraction of sp³-hybridized carbons (Fsp3) is 0.316. The van der Waals surface area contributed by atoms with Crippen LogP contribution in [0.15, 0.2) is 47.8 Å². The minimum atomic E-state index is -0.324. The van der Waals surface area contributed by atoms with Crippen molar-refractivity contribution in [3.8, 4) is 17.9 Å². The zero-order chi connectivity index (χ0) is 16.3. The van der Waals surface area contributed by atoms with Crippen molar-refractivity contribution >= 4 is 5.69 Å². The van der Waals surface area contributed by atoms with E-state index in [1.54, 1.807) is 0 Å². The Hall–Kier alpha value is -2.65. The summed E-state index contributed by atoms with van der Waals surface area (Å²) in [6, 6.07) is 9.76. The summed E-state index contributed by atoms with van der Waals surface area (Å²) in [5.41, 5.74) is 9.40. The number of anilines is 1. The molecule has 1 aliphatic rings. The summed E-state index contributed by atoms with van der Waals surface area (Å²) >= 11 is 0. The highest BCUT2D eigenvalue weighted by Crippen LogP contribution is 2.47. The summed E-state index contributed by atoms with van der Waals surface area (Å²) in [5.74, 6) is 6.30. The van der Waals surface area contributed by atoms with Crippen LogP contribution in [0.25, 0.3) is 0 Å². The van der Waals surface area contributed by atoms with Gasteiger partial charge in [-0.3, -0.25) is 0 Å². The molecule has 1 heterocycles. The Morgan fingerprint density at radius 2 is 1.86 bits per heavy atom. The highest BCUT2D eigenvalue weighted by atomic mass is 15.2. The molecule has 0 aliphatic carbocycles. The molecule has 112 valence electrons. The van der Waals surface area contributed by atoms with E-state index in [2.05, 4.69) is 38.3 Å². The summed E-state index contributed by atoms with van der Waals surface area (Å²) in [6.07, 6.45) is 0.832. The van der Waals surface area contributed by atoms with Gasteiger partial charge in [-0.15, -0.1) is 0 Å². The van der Waals surface area contributed by atoms with Gasteiger partial charge in [-0.05, 0) is 50.5 Å². The summed E-state index contributed by atoms with van der Waals surface area (Å²) in [7, 11) is 0. The molecule has 0 fully saturated rings. The number of benzene rings is 1. The molecular weight excluding hydrogens is 270 g/mol. The third kappa shape index (κ3) is 2.47. The first-order valence-electron chi connectivity index (χ1n) is 7.47. The van der Waals surface area contributed by atoms with Crippen molar-refractivity contribution in [1.82, 2.24) is 4.90 Å². The minimum Gasteiger partial charge on any atom is -0.399 e. The van der Waals surface area contributed by atoms with Crippen LogP contribution in [0.5, 0.6) is 0 Å². The average Bonchev–Trinajstić information content (AvgIpc) is 2.74. The van der Waals surface area contributed by atoms with Crippen LogP contribution in [-0.4, -0.2) is 11.4 Å². The number of hydrogen-bond acceptors (Lipinski definition) is 3. The van der Waals surface area contributed by atoms with Crippen molar-refractivity contribution in [3.05, 3.63) is 53.4 Å². The molecular formula is C19H21N3. The maximum Gasteiger partial charge on any atom is 0.107 e. The summed E-state index contributed by atoms with van der Waals surface area (Å²) in [4.78, 5) is 2.05. The molecule has 0 radical (unpaired) electrons. The van der Waals surface area contributed by atoms with Crippen molar-refractivity contribution in [2.24, 2.45) is 5.41 Å². The normalized spacial score (nSPS) is 20.6. The SMILES string of the molecule is C=C1N(CC)C(C#Cc2ccc(N)cc2)=C(C#N)C1(C)CC. The van der Waals surface area contributed by atoms with Crippen molar-refractivity contribution in [2.75, 3.05) is 12.3 Å². The Bertz CT molecular complexity index is 723. The summed E-state index contributed by atoms with van der Waals surface area (Å²) in [5, 5.41) is 9.61. The van der Waals surface area contributed by atoms with E-state index < -0.39 is 0 Å². The number of hydrogen-bond donors (Lipinski definition) is 1. The highest BCUT2D eigenvalue weighted by molar-refractivity contribution is 5.56. The Balaban J connectivity index is 2.51. The van der Waals surface area contributed by atoms with Crippen molar-refractivity contribution in [3.63, 3.8) is 0 Å². The third-order valence-electron chi connectivity index (χ3n) is 4.39. The molecule has 0 bridgehead atoms. The lowest BCUT2D eigenvalue weighted by Gasteiger charge is -2.27. The van der Waals surface area contributed by atoms with E-state index in [9.17, 15) is 5.26 Å². The first kappa shape index (κ1) is 15.7. The summed E-state index contributed by atoms with van der Waals surface area (Å²) < 4.78 is 0. The minimum absolute atomic E-state index is 0.324. The van der Waals surface area contributed by atoms with Gasteiger partial charge in [-0.25, -0.2) is 0 Å². The number of nitriles is 1. The van der Waals surface area contributed by atoms with Crippen LogP contribution in [-0.2, 0) is 0 Å². The lowest BCUT2D eigenvalue weighted by atomic mass is 9.79. The van der Waals surface area contributed by atoms with Crippen molar-refractivity contribution in [2.45, 2.75) is 27.2 Å². The van der Waals surface area contributed by atoms with Gasteiger partial charge in [-0.1, -0.05) is 19.4 Å². The number of allylic oxidation sites excluding steroid dienone is 2. The molecule has 0 saturated heterocycles. The van der Waals surface area contributed by atoms with Crippen molar-refractivity contribution in [1.29, 1.82) is 5.26 Å². The van der Waals surface area contributed by atoms with Gasteiger partial charge < -0.3 is 10.6 Å². The van der Waals surface area contributed by atoms with Gasteiger partial charge in [0.2, 0.25) is 0 Å². The Kier molecular flexibility index (Phi) is 4.29. The molecule has 1 aromatic carbocycles. The highest BCUT2D eigenvalue weighted by Gasteiger charge is 2.42. The molecule has 0 spiro atoms. The van der Waals surface area contributed by atoms with Gasteiger partial charge in [-0.2, -0.15) is 5.26 Å². The predicted molar refractivity (Wildman–Crippen MR) is 90.3 cm³/mol. The second kappa shape index (κ2) is 6.00. The van der Waals surface area contributed by atoms with Gasteiger partial charge in [0.25, 0.3) is 0 Å². The first-order valence-corrected chi connectivity index (χ1v) is 7.47. The standard InChI is InChI=1S/C19H21N3/c1-5-19(4)14(3)22(6-2)18(17(19)13-20)12-9-15-7-10-16(21)11-8-15/h7-8,10-11H,3,5-6,21H2,1-2,4H3. The Labute approximate surface area is 132 Å². The second-order valence-electron chi connectivity index (χ2n) is 5.58. The van der Waals surface area contributed by atoms with Crippen LogP contribution in [0.2, 0.25) is 0 Å². The van der Waals surface area contributed by atoms with E-state index in [0.29, 0.717) is 11.3 Å². The number of nitrogen functional groups attached to an aromatic ring is 1. The number of nitrogens with two attached hydrogens (primary N) is 1. The maximum atomic E-state index is 9.61. The van der Waals surface area contributed by atoms with Crippen LogP contribution in [0.1, 0.15) is 32.8 Å². The van der Waals surface area contributed by atoms with Crippen LogP contribution < -0.4 is 5.73 Å². The van der Waals surface area contributed by atoms with E-state index in [-0.39, 0.29) is 5.41 Å². The van der Waals surface area contributed by atoms with Gasteiger partial charge in [0, 0.05) is 28.9 Å². The third-order valence-corrected chi connectivity index (χ3v) is 4.39. The zero-order valence-electron chi connectivity index (χ0n) is 13.4. The smallest absolute Gasteiger partial charge is 0.107 e. The molecule has 2 N–H and O–H groups in total. The van der Waals surface area contributed by atoms with Crippen LogP contribution >= 0.6 is 0 Å². The van der Waals surface area contributed by atoms with E-state index in [0.717, 1.165) is 29.9 Å². The van der Waals surface area contributed by atoms with Crippen LogP contribution in [0.3, 0.4) is 0 Å². The number of nitrogens with zero attached hydrogens (tertiary/aromatic N) is 2. The quantitative estimate of drug-likeness (QED) is 0.668. The molecule has 1 unspecified atom stereocenters. The molecule has 3 heteroatoms. The molecule has 1 aliphatic heterocycles. The molecule has 0 aromatic heterocycles. The zero-order valence-corrected chi connectivity index (χ0v) is 13.4. The van der Waals surface area contributed by atoms with E-state index in [4.69, 9.17) is 5.73 Å². The fourth-order valence-electron chi connectivity index (χ4n) is 2.71. The monoisotopic (exact) mass is 291 g/mol. The molecule has 22 heavy (non-hydrogen) atoms. The Morgan fingerprint density at radius 3 is 2.36 bits per heavy atom. The van der Waals surface area contributed by atoms with Crippen LogP contribution in [0.4, 0.5) is 5.69 Å². The fourth-order valence-corrected chi connectivity index (χ4v) is 2.71. The first-order chi connectivity index (χ1) is 10.5. The topological polar surface area (TPSA) is 53.0 Å². The van der Waals surface area contributed by atoms with Crippen LogP contribution in [0, 0.1) is 28.6 Å². The van der Waals surface area contributed by atoms with E-state index in [1.807, 2.05) is 36.1 Å². The molecule has 1 aromatic rings. The molecule has 2 rings (SSSR count). The Morgan fingerprint density at radius 1 is 1.23 bits per heavy atom. The maximum absolute atomic E-state index is 9.61. The molecule has 1 atom stereocenters. The van der Waals surface area contributed by atoms with Gasteiger partial charge in [0.05, 0.1) is 11.6 Å². The molecule has 0 amide bonds. The molecule has 0 saturated carbocycles. The lowest BCUT2D eigenvalue weighted by Crippen LogP contribution is -2.23.